The van der Waals surface area contributed by atoms with Crippen molar-refractivity contribution in [3.05, 3.63) is 35.4 Å². The highest BCUT2D eigenvalue weighted by Gasteiger charge is 2.20. The van der Waals surface area contributed by atoms with Crippen LogP contribution < -0.4 is 5.32 Å². The highest BCUT2D eigenvalue weighted by atomic mass is 16.4. The lowest BCUT2D eigenvalue weighted by Gasteiger charge is -2.22. The van der Waals surface area contributed by atoms with Gasteiger partial charge in [-0.25, -0.2) is 0 Å². The third kappa shape index (κ3) is 6.40. The van der Waals surface area contributed by atoms with Crippen molar-refractivity contribution in [1.82, 2.24) is 10.2 Å². The standard InChI is InChI=1S/C18H28N2O3/c1-12(2)10-15-6-8-16(9-7-15)13(3)19-17(21)11-20(5)14(4)18(22)23/h6-9,12-14H,10-11H2,1-5H3,(H,19,21)(H,22,23). The molecule has 0 aliphatic rings. The topological polar surface area (TPSA) is 69.6 Å². The smallest absolute Gasteiger partial charge is 0.320 e. The molecule has 0 fully saturated rings. The van der Waals surface area contributed by atoms with Crippen LogP contribution in [0.4, 0.5) is 0 Å². The van der Waals surface area contributed by atoms with Gasteiger partial charge in [-0.05, 0) is 44.4 Å². The number of nitrogens with one attached hydrogen (secondary N) is 1. The Balaban J connectivity index is 2.56. The summed E-state index contributed by atoms with van der Waals surface area (Å²) in [5.74, 6) is -0.502. The molecule has 5 heteroatoms. The van der Waals surface area contributed by atoms with Crippen molar-refractivity contribution in [2.24, 2.45) is 5.92 Å². The molecule has 0 saturated carbocycles. The molecule has 0 radical (unpaired) electrons. The van der Waals surface area contributed by atoms with E-state index in [1.165, 1.54) is 10.5 Å². The number of aliphatic carboxylic acids is 1. The molecule has 5 nitrogen and oxygen atoms in total. The summed E-state index contributed by atoms with van der Waals surface area (Å²) in [7, 11) is 1.63. The number of hydrogen-bond acceptors (Lipinski definition) is 3. The van der Waals surface area contributed by atoms with E-state index < -0.39 is 12.0 Å². The minimum absolute atomic E-state index is 0.0588. The zero-order chi connectivity index (χ0) is 17.6. The van der Waals surface area contributed by atoms with E-state index in [2.05, 4.69) is 31.3 Å². The van der Waals surface area contributed by atoms with Gasteiger partial charge in [-0.1, -0.05) is 38.1 Å². The lowest BCUT2D eigenvalue weighted by atomic mass is 10.00. The van der Waals surface area contributed by atoms with E-state index in [1.807, 2.05) is 19.1 Å². The van der Waals surface area contributed by atoms with Gasteiger partial charge in [-0.2, -0.15) is 0 Å². The maximum absolute atomic E-state index is 12.0. The van der Waals surface area contributed by atoms with Crippen LogP contribution in [0.1, 0.15) is 44.9 Å². The van der Waals surface area contributed by atoms with Crippen LogP contribution >= 0.6 is 0 Å². The van der Waals surface area contributed by atoms with Gasteiger partial charge in [0.1, 0.15) is 6.04 Å². The number of carbonyl (C=O) groups is 2. The van der Waals surface area contributed by atoms with E-state index in [0.29, 0.717) is 5.92 Å². The summed E-state index contributed by atoms with van der Waals surface area (Å²) in [6.45, 7) is 7.92. The molecule has 0 saturated heterocycles. The largest absolute Gasteiger partial charge is 0.480 e. The van der Waals surface area contributed by atoms with Crippen molar-refractivity contribution in [2.45, 2.75) is 46.2 Å². The van der Waals surface area contributed by atoms with E-state index in [4.69, 9.17) is 5.11 Å². The normalized spacial score (nSPS) is 13.9. The second kappa shape index (κ2) is 8.67. The third-order valence-electron chi connectivity index (χ3n) is 3.91. The quantitative estimate of drug-likeness (QED) is 0.772. The molecule has 2 unspecified atom stereocenters. The minimum atomic E-state index is -0.936. The van der Waals surface area contributed by atoms with Crippen LogP contribution in [-0.4, -0.2) is 41.5 Å². The first-order chi connectivity index (χ1) is 10.7. The monoisotopic (exact) mass is 320 g/mol. The highest BCUT2D eigenvalue weighted by molar-refractivity contribution is 5.80. The second-order valence-corrected chi connectivity index (χ2v) is 6.56. The van der Waals surface area contributed by atoms with Gasteiger partial charge >= 0.3 is 5.97 Å². The van der Waals surface area contributed by atoms with Crippen LogP contribution in [-0.2, 0) is 16.0 Å². The average Bonchev–Trinajstić information content (AvgIpc) is 2.45. The van der Waals surface area contributed by atoms with Gasteiger partial charge in [-0.3, -0.25) is 14.5 Å². The number of hydrogen-bond donors (Lipinski definition) is 2. The number of nitrogens with zero attached hydrogens (tertiary/aromatic N) is 1. The van der Waals surface area contributed by atoms with Gasteiger partial charge in [0.15, 0.2) is 0 Å². The maximum atomic E-state index is 12.0. The Morgan fingerprint density at radius 3 is 2.17 bits per heavy atom. The van der Waals surface area contributed by atoms with Crippen molar-refractivity contribution in [3.8, 4) is 0 Å². The summed E-state index contributed by atoms with van der Waals surface area (Å²) in [4.78, 5) is 24.4. The van der Waals surface area contributed by atoms with E-state index in [0.717, 1.165) is 12.0 Å². The van der Waals surface area contributed by atoms with Crippen LogP contribution in [0.5, 0.6) is 0 Å². The fourth-order valence-corrected chi connectivity index (χ4v) is 2.34. The molecule has 2 N–H and O–H groups in total. The molecule has 1 rings (SSSR count). The van der Waals surface area contributed by atoms with Crippen LogP contribution in [0.25, 0.3) is 0 Å². The first-order valence-electron chi connectivity index (χ1n) is 8.02. The lowest BCUT2D eigenvalue weighted by molar-refractivity contribution is -0.142. The fourth-order valence-electron chi connectivity index (χ4n) is 2.34. The molecule has 0 aliphatic carbocycles. The Morgan fingerprint density at radius 1 is 1.13 bits per heavy atom. The Morgan fingerprint density at radius 2 is 1.70 bits per heavy atom. The summed E-state index contributed by atoms with van der Waals surface area (Å²) in [5.41, 5.74) is 2.33. The Hall–Kier alpha value is -1.88. The molecule has 128 valence electrons. The number of likely N-dealkylation sites (N-methyl/N-ethyl adjacent to an activating group) is 1. The minimum Gasteiger partial charge on any atom is -0.480 e. The fraction of sp³-hybridized carbons (Fsp3) is 0.556. The molecule has 23 heavy (non-hydrogen) atoms. The molecule has 0 heterocycles. The molecule has 1 aromatic rings. The highest BCUT2D eigenvalue weighted by Crippen LogP contribution is 2.15. The molecule has 0 aliphatic heterocycles. The molecule has 2 atom stereocenters. The maximum Gasteiger partial charge on any atom is 0.320 e. The average molecular weight is 320 g/mol. The number of rotatable bonds is 8. The summed E-state index contributed by atoms with van der Waals surface area (Å²) in [6, 6.07) is 7.46. The van der Waals surface area contributed by atoms with Gasteiger partial charge < -0.3 is 10.4 Å². The Kier molecular flexibility index (Phi) is 7.23. The number of amides is 1. The first kappa shape index (κ1) is 19.2. The molecule has 0 spiro atoms. The number of carboxylic acids is 1. The van der Waals surface area contributed by atoms with Crippen LogP contribution in [0, 0.1) is 5.92 Å². The van der Waals surface area contributed by atoms with E-state index in [-0.39, 0.29) is 18.5 Å². The Labute approximate surface area is 138 Å². The summed E-state index contributed by atoms with van der Waals surface area (Å²) < 4.78 is 0. The predicted molar refractivity (Wildman–Crippen MR) is 91.3 cm³/mol. The van der Waals surface area contributed by atoms with E-state index >= 15 is 0 Å². The van der Waals surface area contributed by atoms with Crippen molar-refractivity contribution in [3.63, 3.8) is 0 Å². The summed E-state index contributed by atoms with van der Waals surface area (Å²) in [6.07, 6.45) is 1.04. The van der Waals surface area contributed by atoms with Crippen molar-refractivity contribution in [2.75, 3.05) is 13.6 Å². The van der Waals surface area contributed by atoms with Gasteiger partial charge in [0.05, 0.1) is 12.6 Å². The Bertz CT molecular complexity index is 526. The third-order valence-corrected chi connectivity index (χ3v) is 3.91. The zero-order valence-corrected chi connectivity index (χ0v) is 14.7. The molecule has 0 aromatic heterocycles. The lowest BCUT2D eigenvalue weighted by Crippen LogP contribution is -2.43. The number of benzene rings is 1. The molecular formula is C18H28N2O3. The number of carbonyl (C=O) groups excluding carboxylic acids is 1. The molecule has 0 bridgehead atoms. The number of carboxylic acid groups (broad SMARTS) is 1. The van der Waals surface area contributed by atoms with Crippen molar-refractivity contribution in [1.29, 1.82) is 0 Å². The van der Waals surface area contributed by atoms with Crippen molar-refractivity contribution < 1.29 is 14.7 Å². The SMILES string of the molecule is CC(C)Cc1ccc(C(C)NC(=O)CN(C)C(C)C(=O)O)cc1. The molecule has 1 aromatic carbocycles. The van der Waals surface area contributed by atoms with Crippen LogP contribution in [0.15, 0.2) is 24.3 Å². The van der Waals surface area contributed by atoms with E-state index in [1.54, 1.807) is 14.0 Å². The second-order valence-electron chi connectivity index (χ2n) is 6.56. The van der Waals surface area contributed by atoms with Crippen LogP contribution in [0.3, 0.4) is 0 Å². The van der Waals surface area contributed by atoms with Gasteiger partial charge in [-0.15, -0.1) is 0 Å². The van der Waals surface area contributed by atoms with Crippen molar-refractivity contribution >= 4 is 11.9 Å². The van der Waals surface area contributed by atoms with E-state index in [9.17, 15) is 9.59 Å². The van der Waals surface area contributed by atoms with Gasteiger partial charge in [0.25, 0.3) is 0 Å². The zero-order valence-electron chi connectivity index (χ0n) is 14.7. The first-order valence-corrected chi connectivity index (χ1v) is 8.02. The molecular weight excluding hydrogens is 292 g/mol. The van der Waals surface area contributed by atoms with Crippen LogP contribution in [0.2, 0.25) is 0 Å². The summed E-state index contributed by atoms with van der Waals surface area (Å²) in [5, 5.41) is 11.8. The van der Waals surface area contributed by atoms with Gasteiger partial charge in [0, 0.05) is 0 Å². The predicted octanol–water partition coefficient (Wildman–Crippen LogP) is 2.47. The molecule has 1 amide bonds. The van der Waals surface area contributed by atoms with Gasteiger partial charge in [0.2, 0.25) is 5.91 Å². The summed E-state index contributed by atoms with van der Waals surface area (Å²) >= 11 is 0.